The summed E-state index contributed by atoms with van der Waals surface area (Å²) < 4.78 is 34.0. The first-order valence-electron chi connectivity index (χ1n) is 27.3. The summed E-state index contributed by atoms with van der Waals surface area (Å²) in [5, 5.41) is 0. The zero-order valence-electron chi connectivity index (χ0n) is 44.3. The standard InChI is InChI=1S/C58H102NO8P/c1-6-8-10-12-14-16-18-20-21-22-23-24-25-26-27-28-29-30-31-32-33-34-35-36-37-39-41-43-45-47-49-51-58(61)67-56(55-66-68(62,63)65-53-52-59(3,4)5)54-64-57(60)50-48-46-44-42-40-38-19-17-15-13-11-9-7-2/h8,10,14,16-17,19-21,23-24,26-27,29-30,56H,6-7,9,11-13,15,18,22,25,28,31-55H2,1-5H3/b10-8-,16-14-,19-17-,21-20-,24-23-,27-26-,30-29-. The number of carbonyl (C=O) groups excluding carboxylic acids is 2. The molecule has 392 valence electrons. The zero-order chi connectivity index (χ0) is 49.9. The second-order valence-corrected chi connectivity index (χ2v) is 20.6. The van der Waals surface area contributed by atoms with Crippen LogP contribution >= 0.6 is 7.82 Å². The summed E-state index contributed by atoms with van der Waals surface area (Å²) in [4.78, 5) is 37.7. The van der Waals surface area contributed by atoms with Crippen LogP contribution in [0.25, 0.3) is 0 Å². The van der Waals surface area contributed by atoms with Crippen LogP contribution in [0.5, 0.6) is 0 Å². The van der Waals surface area contributed by atoms with Crippen molar-refractivity contribution in [1.82, 2.24) is 0 Å². The Morgan fingerprint density at radius 1 is 0.471 bits per heavy atom. The number of carbonyl (C=O) groups is 2. The largest absolute Gasteiger partial charge is 0.756 e. The van der Waals surface area contributed by atoms with Crippen molar-refractivity contribution in [3.8, 4) is 0 Å². The Morgan fingerprint density at radius 3 is 1.26 bits per heavy atom. The van der Waals surface area contributed by atoms with Crippen LogP contribution in [0.3, 0.4) is 0 Å². The van der Waals surface area contributed by atoms with Gasteiger partial charge in [-0.05, 0) is 89.9 Å². The number of likely N-dealkylation sites (N-methyl/N-ethyl adjacent to an activating group) is 1. The van der Waals surface area contributed by atoms with Crippen molar-refractivity contribution in [3.63, 3.8) is 0 Å². The van der Waals surface area contributed by atoms with Crippen LogP contribution in [0.1, 0.15) is 219 Å². The highest BCUT2D eigenvalue weighted by molar-refractivity contribution is 7.45. The van der Waals surface area contributed by atoms with Crippen LogP contribution in [0.15, 0.2) is 85.1 Å². The predicted molar refractivity (Wildman–Crippen MR) is 286 cm³/mol. The van der Waals surface area contributed by atoms with Gasteiger partial charge in [0.15, 0.2) is 6.10 Å². The molecule has 2 atom stereocenters. The lowest BCUT2D eigenvalue weighted by atomic mass is 10.0. The molecule has 0 aromatic carbocycles. The quantitative estimate of drug-likeness (QED) is 0.0195. The monoisotopic (exact) mass is 972 g/mol. The van der Waals surface area contributed by atoms with Gasteiger partial charge in [-0.2, -0.15) is 0 Å². The minimum Gasteiger partial charge on any atom is -0.756 e. The number of phosphoric acid groups is 1. The molecule has 0 aliphatic rings. The number of unbranched alkanes of at least 4 members (excludes halogenated alkanes) is 21. The highest BCUT2D eigenvalue weighted by atomic mass is 31.2. The Labute approximate surface area is 418 Å². The predicted octanol–water partition coefficient (Wildman–Crippen LogP) is 16.1. The molecular weight excluding hydrogens is 870 g/mol. The lowest BCUT2D eigenvalue weighted by molar-refractivity contribution is -0.870. The van der Waals surface area contributed by atoms with Gasteiger partial charge in [0.25, 0.3) is 7.82 Å². The molecule has 0 bridgehead atoms. The SMILES string of the molecule is CC/C=C\C/C=C\C/C=C\C/C=C\C/C=C\C/C=C\CCCCCCCCCCCCCCC(=O)OC(COC(=O)CCCCCCC/C=C\CCCCCC)COP(=O)([O-])OCC[N+](C)(C)C. The molecule has 0 aliphatic heterocycles. The van der Waals surface area contributed by atoms with Gasteiger partial charge in [0.2, 0.25) is 0 Å². The molecule has 0 saturated heterocycles. The van der Waals surface area contributed by atoms with Crippen LogP contribution in [0, 0.1) is 0 Å². The maximum absolute atomic E-state index is 12.8. The molecule has 0 heterocycles. The minimum atomic E-state index is -4.64. The van der Waals surface area contributed by atoms with E-state index in [0.717, 1.165) is 96.3 Å². The molecule has 0 saturated carbocycles. The highest BCUT2D eigenvalue weighted by Crippen LogP contribution is 2.38. The van der Waals surface area contributed by atoms with Crippen LogP contribution in [-0.4, -0.2) is 70.0 Å². The molecule has 0 aromatic heterocycles. The molecule has 0 amide bonds. The number of hydrogen-bond acceptors (Lipinski definition) is 8. The number of nitrogens with zero attached hydrogens (tertiary/aromatic N) is 1. The molecule has 10 heteroatoms. The van der Waals surface area contributed by atoms with E-state index in [1.54, 1.807) is 0 Å². The fourth-order valence-corrected chi connectivity index (χ4v) is 7.91. The van der Waals surface area contributed by atoms with Crippen LogP contribution in [0.4, 0.5) is 0 Å². The Balaban J connectivity index is 4.13. The summed E-state index contributed by atoms with van der Waals surface area (Å²) in [6.07, 6.45) is 64.8. The van der Waals surface area contributed by atoms with E-state index >= 15 is 0 Å². The van der Waals surface area contributed by atoms with Crippen molar-refractivity contribution < 1.29 is 42.1 Å². The number of rotatable bonds is 49. The summed E-state index contributed by atoms with van der Waals surface area (Å²) in [6, 6.07) is 0. The molecule has 0 N–H and O–H groups in total. The van der Waals surface area contributed by atoms with Gasteiger partial charge in [-0.1, -0.05) is 202 Å². The van der Waals surface area contributed by atoms with Crippen molar-refractivity contribution in [2.75, 3.05) is 47.5 Å². The molecule has 9 nitrogen and oxygen atoms in total. The summed E-state index contributed by atoms with van der Waals surface area (Å²) in [5.74, 6) is -0.848. The van der Waals surface area contributed by atoms with E-state index in [9.17, 15) is 19.0 Å². The maximum Gasteiger partial charge on any atom is 0.306 e. The first-order valence-corrected chi connectivity index (χ1v) is 28.8. The van der Waals surface area contributed by atoms with Crippen LogP contribution < -0.4 is 4.89 Å². The van der Waals surface area contributed by atoms with Gasteiger partial charge >= 0.3 is 11.9 Å². The van der Waals surface area contributed by atoms with E-state index in [-0.39, 0.29) is 26.1 Å². The third-order valence-electron chi connectivity index (χ3n) is 11.4. The maximum atomic E-state index is 12.8. The summed E-state index contributed by atoms with van der Waals surface area (Å²) >= 11 is 0. The molecular formula is C58H102NO8P. The topological polar surface area (TPSA) is 111 Å². The third-order valence-corrected chi connectivity index (χ3v) is 12.4. The lowest BCUT2D eigenvalue weighted by Crippen LogP contribution is -2.37. The molecule has 68 heavy (non-hydrogen) atoms. The number of ether oxygens (including phenoxy) is 2. The van der Waals surface area contributed by atoms with Gasteiger partial charge in [0, 0.05) is 12.8 Å². The van der Waals surface area contributed by atoms with E-state index in [4.69, 9.17) is 18.5 Å². The first kappa shape index (κ1) is 65.2. The van der Waals surface area contributed by atoms with Crippen LogP contribution in [0.2, 0.25) is 0 Å². The van der Waals surface area contributed by atoms with E-state index in [1.807, 2.05) is 21.1 Å². The molecule has 2 unspecified atom stereocenters. The molecule has 0 aliphatic carbocycles. The van der Waals surface area contributed by atoms with Crippen molar-refractivity contribution in [1.29, 1.82) is 0 Å². The normalized spacial score (nSPS) is 14.0. The Kier molecular flexibility index (Phi) is 47.2. The number of esters is 2. The zero-order valence-corrected chi connectivity index (χ0v) is 45.2. The first-order chi connectivity index (χ1) is 33.0. The highest BCUT2D eigenvalue weighted by Gasteiger charge is 2.21. The summed E-state index contributed by atoms with van der Waals surface area (Å²) in [7, 11) is 1.15. The lowest BCUT2D eigenvalue weighted by Gasteiger charge is -2.28. The summed E-state index contributed by atoms with van der Waals surface area (Å²) in [6.45, 7) is 4.09. The van der Waals surface area contributed by atoms with Crippen molar-refractivity contribution in [3.05, 3.63) is 85.1 Å². The van der Waals surface area contributed by atoms with Gasteiger partial charge in [0.1, 0.15) is 19.8 Å². The molecule has 0 fully saturated rings. The number of phosphoric ester groups is 1. The van der Waals surface area contributed by atoms with Gasteiger partial charge in [-0.3, -0.25) is 14.2 Å². The number of hydrogen-bond donors (Lipinski definition) is 0. The second-order valence-electron chi connectivity index (χ2n) is 19.2. The second kappa shape index (κ2) is 49.2. The van der Waals surface area contributed by atoms with Gasteiger partial charge < -0.3 is 27.9 Å². The summed E-state index contributed by atoms with van der Waals surface area (Å²) in [5.41, 5.74) is 0. The fraction of sp³-hybridized carbons (Fsp3) is 0.724. The Morgan fingerprint density at radius 2 is 0.838 bits per heavy atom. The smallest absolute Gasteiger partial charge is 0.306 e. The average molecular weight is 972 g/mol. The van der Waals surface area contributed by atoms with Crippen molar-refractivity contribution >= 4 is 19.8 Å². The molecule has 0 radical (unpaired) electrons. The van der Waals surface area contributed by atoms with E-state index in [0.29, 0.717) is 17.4 Å². The third kappa shape index (κ3) is 52.6. The molecule has 0 rings (SSSR count). The van der Waals surface area contributed by atoms with Gasteiger partial charge in [-0.15, -0.1) is 0 Å². The molecule has 0 aromatic rings. The number of quaternary nitrogens is 1. The van der Waals surface area contributed by atoms with Crippen molar-refractivity contribution in [2.45, 2.75) is 225 Å². The molecule has 0 spiro atoms. The van der Waals surface area contributed by atoms with Crippen LogP contribution in [-0.2, 0) is 32.7 Å². The van der Waals surface area contributed by atoms with E-state index in [1.165, 1.54) is 89.9 Å². The minimum absolute atomic E-state index is 0.0353. The average Bonchev–Trinajstić information content (AvgIpc) is 3.30. The Bertz CT molecular complexity index is 1420. The number of allylic oxidation sites excluding steroid dienone is 14. The van der Waals surface area contributed by atoms with E-state index < -0.39 is 32.5 Å². The van der Waals surface area contributed by atoms with E-state index in [2.05, 4.69) is 98.9 Å². The van der Waals surface area contributed by atoms with Gasteiger partial charge in [-0.25, -0.2) is 0 Å². The Hall–Kier alpha value is -2.81. The van der Waals surface area contributed by atoms with Gasteiger partial charge in [0.05, 0.1) is 27.7 Å². The fourth-order valence-electron chi connectivity index (χ4n) is 7.18. The van der Waals surface area contributed by atoms with Crippen molar-refractivity contribution in [2.24, 2.45) is 0 Å².